The minimum absolute atomic E-state index is 0.115. The Morgan fingerprint density at radius 1 is 1.60 bits per heavy atom. The lowest BCUT2D eigenvalue weighted by atomic mass is 9.74. The molecule has 0 aromatic heterocycles. The second-order valence-corrected chi connectivity index (χ2v) is 3.95. The molecule has 1 aliphatic carbocycles. The lowest BCUT2D eigenvalue weighted by Crippen LogP contribution is -2.45. The predicted molar refractivity (Wildman–Crippen MR) is 51.3 cm³/mol. The largest absolute Gasteiger partial charge is 0.481 e. The van der Waals surface area contributed by atoms with E-state index < -0.39 is 12.1 Å². The maximum Gasteiger partial charge on any atom is 0.410 e. The summed E-state index contributed by atoms with van der Waals surface area (Å²) in [5, 5.41) is 8.89. The molecule has 2 saturated heterocycles. The molecule has 15 heavy (non-hydrogen) atoms. The molecule has 3 atom stereocenters. The molecular formula is C10H13NO4. The fourth-order valence-electron chi connectivity index (χ4n) is 2.41. The van der Waals surface area contributed by atoms with Gasteiger partial charge in [0.2, 0.25) is 0 Å². The van der Waals surface area contributed by atoms with Crippen LogP contribution in [0.4, 0.5) is 4.79 Å². The van der Waals surface area contributed by atoms with E-state index in [0.717, 1.165) is 6.42 Å². The SMILES string of the molecule is C=CCOC(=O)N1C[C@H]2C[C@@H]1[C@@H]2C(=O)O. The number of nitrogens with zero attached hydrogens (tertiary/aromatic N) is 1. The summed E-state index contributed by atoms with van der Waals surface area (Å²) in [7, 11) is 0. The smallest absolute Gasteiger partial charge is 0.410 e. The van der Waals surface area contributed by atoms with Gasteiger partial charge in [0, 0.05) is 12.6 Å². The van der Waals surface area contributed by atoms with Gasteiger partial charge in [0.1, 0.15) is 6.61 Å². The van der Waals surface area contributed by atoms with Crippen molar-refractivity contribution in [3.05, 3.63) is 12.7 Å². The molecule has 5 nitrogen and oxygen atoms in total. The number of hydrogen-bond donors (Lipinski definition) is 1. The molecule has 0 spiro atoms. The van der Waals surface area contributed by atoms with E-state index in [9.17, 15) is 9.59 Å². The summed E-state index contributed by atoms with van der Waals surface area (Å²) >= 11 is 0. The van der Waals surface area contributed by atoms with Crippen molar-refractivity contribution >= 4 is 12.1 Å². The van der Waals surface area contributed by atoms with Crippen molar-refractivity contribution < 1.29 is 19.4 Å². The molecule has 0 aromatic rings. The van der Waals surface area contributed by atoms with E-state index in [1.54, 1.807) is 0 Å². The van der Waals surface area contributed by atoms with Crippen molar-refractivity contribution in [3.8, 4) is 0 Å². The maximum absolute atomic E-state index is 11.5. The van der Waals surface area contributed by atoms with Crippen LogP contribution in [0.1, 0.15) is 6.42 Å². The number of carbonyl (C=O) groups is 2. The summed E-state index contributed by atoms with van der Waals surface area (Å²) in [6.07, 6.45) is 1.86. The number of amides is 1. The number of aliphatic carboxylic acids is 1. The fraction of sp³-hybridized carbons (Fsp3) is 0.600. The number of hydrogen-bond acceptors (Lipinski definition) is 3. The molecule has 82 valence electrons. The quantitative estimate of drug-likeness (QED) is 0.698. The molecule has 3 aliphatic rings. The molecule has 3 fully saturated rings. The molecule has 2 heterocycles. The Balaban J connectivity index is 1.94. The van der Waals surface area contributed by atoms with Gasteiger partial charge in [0.05, 0.1) is 5.92 Å². The van der Waals surface area contributed by atoms with Crippen LogP contribution in [-0.2, 0) is 9.53 Å². The van der Waals surface area contributed by atoms with Crippen molar-refractivity contribution in [2.45, 2.75) is 12.5 Å². The monoisotopic (exact) mass is 211 g/mol. The van der Waals surface area contributed by atoms with Gasteiger partial charge in [-0.25, -0.2) is 4.79 Å². The lowest BCUT2D eigenvalue weighted by molar-refractivity contribution is -0.147. The molecule has 2 aliphatic heterocycles. The van der Waals surface area contributed by atoms with Crippen LogP contribution in [0, 0.1) is 11.8 Å². The second kappa shape index (κ2) is 3.56. The maximum atomic E-state index is 11.5. The third-order valence-electron chi connectivity index (χ3n) is 3.14. The van der Waals surface area contributed by atoms with E-state index in [1.807, 2.05) is 0 Å². The summed E-state index contributed by atoms with van der Waals surface area (Å²) < 4.78 is 4.88. The van der Waals surface area contributed by atoms with Gasteiger partial charge in [-0.2, -0.15) is 0 Å². The van der Waals surface area contributed by atoms with Gasteiger partial charge in [-0.1, -0.05) is 12.7 Å². The third-order valence-corrected chi connectivity index (χ3v) is 3.14. The van der Waals surface area contributed by atoms with Gasteiger partial charge in [0.25, 0.3) is 0 Å². The predicted octanol–water partition coefficient (Wildman–Crippen LogP) is 0.714. The Labute approximate surface area is 87.3 Å². The van der Waals surface area contributed by atoms with Crippen LogP contribution in [0.2, 0.25) is 0 Å². The van der Waals surface area contributed by atoms with Crippen LogP contribution in [0.25, 0.3) is 0 Å². The molecule has 5 heteroatoms. The summed E-state index contributed by atoms with van der Waals surface area (Å²) in [6.45, 7) is 4.12. The zero-order valence-corrected chi connectivity index (χ0v) is 8.26. The van der Waals surface area contributed by atoms with Crippen LogP contribution >= 0.6 is 0 Å². The molecule has 0 unspecified atom stereocenters. The van der Waals surface area contributed by atoms with E-state index >= 15 is 0 Å². The fourth-order valence-corrected chi connectivity index (χ4v) is 2.41. The van der Waals surface area contributed by atoms with E-state index in [0.29, 0.717) is 6.54 Å². The Morgan fingerprint density at radius 3 is 2.87 bits per heavy atom. The Kier molecular flexibility index (Phi) is 2.38. The van der Waals surface area contributed by atoms with Crippen LogP contribution in [0.3, 0.4) is 0 Å². The zero-order chi connectivity index (χ0) is 11.0. The first-order chi connectivity index (χ1) is 7.15. The third kappa shape index (κ3) is 1.48. The van der Waals surface area contributed by atoms with Gasteiger partial charge in [0.15, 0.2) is 0 Å². The average Bonchev–Trinajstić information content (AvgIpc) is 2.70. The van der Waals surface area contributed by atoms with E-state index in [1.165, 1.54) is 11.0 Å². The van der Waals surface area contributed by atoms with Gasteiger partial charge >= 0.3 is 12.1 Å². The van der Waals surface area contributed by atoms with Crippen molar-refractivity contribution in [2.24, 2.45) is 11.8 Å². The van der Waals surface area contributed by atoms with Crippen LogP contribution < -0.4 is 0 Å². The Morgan fingerprint density at radius 2 is 2.33 bits per heavy atom. The summed E-state index contributed by atoms with van der Waals surface area (Å²) in [5.41, 5.74) is 0. The second-order valence-electron chi connectivity index (χ2n) is 3.95. The molecule has 1 saturated carbocycles. The summed E-state index contributed by atoms with van der Waals surface area (Å²) in [5.74, 6) is -1.08. The Hall–Kier alpha value is -1.52. The first kappa shape index (κ1) is 10.0. The number of fused-ring (bicyclic) bond motifs is 1. The highest BCUT2D eigenvalue weighted by molar-refractivity contribution is 5.77. The molecule has 3 rings (SSSR count). The first-order valence-corrected chi connectivity index (χ1v) is 4.92. The number of carboxylic acid groups (broad SMARTS) is 1. The topological polar surface area (TPSA) is 66.8 Å². The standard InChI is InChI=1S/C10H13NO4/c1-2-3-15-10(14)11-5-6-4-7(11)8(6)9(12)13/h2,6-8H,1,3-5H2,(H,12,13)/t6-,7-,8-/m1/s1. The molecule has 0 aromatic carbocycles. The normalized spacial score (nSPS) is 32.0. The van der Waals surface area contributed by atoms with Crippen molar-refractivity contribution in [1.82, 2.24) is 4.90 Å². The van der Waals surface area contributed by atoms with E-state index in [4.69, 9.17) is 9.84 Å². The van der Waals surface area contributed by atoms with Crippen LogP contribution in [0.15, 0.2) is 12.7 Å². The van der Waals surface area contributed by atoms with Crippen LogP contribution in [0.5, 0.6) is 0 Å². The number of ether oxygens (including phenoxy) is 1. The number of carboxylic acids is 1. The zero-order valence-electron chi connectivity index (χ0n) is 8.26. The molecule has 0 radical (unpaired) electrons. The van der Waals surface area contributed by atoms with Crippen LogP contribution in [-0.4, -0.2) is 41.3 Å². The van der Waals surface area contributed by atoms with Crippen molar-refractivity contribution in [3.63, 3.8) is 0 Å². The molecular weight excluding hydrogens is 198 g/mol. The average molecular weight is 211 g/mol. The lowest BCUT2D eigenvalue weighted by Gasteiger charge is -2.32. The highest BCUT2D eigenvalue weighted by Gasteiger charge is 2.57. The summed E-state index contributed by atoms with van der Waals surface area (Å²) in [6, 6.07) is -0.162. The van der Waals surface area contributed by atoms with Crippen molar-refractivity contribution in [2.75, 3.05) is 13.2 Å². The van der Waals surface area contributed by atoms with E-state index in [-0.39, 0.29) is 24.5 Å². The van der Waals surface area contributed by atoms with Gasteiger partial charge in [-0.15, -0.1) is 0 Å². The molecule has 1 amide bonds. The number of carbonyl (C=O) groups excluding carboxylic acids is 1. The Bertz CT molecular complexity index is 315. The minimum atomic E-state index is -0.810. The summed E-state index contributed by atoms with van der Waals surface area (Å²) in [4.78, 5) is 23.8. The van der Waals surface area contributed by atoms with Gasteiger partial charge in [-0.05, 0) is 12.3 Å². The minimum Gasteiger partial charge on any atom is -0.481 e. The van der Waals surface area contributed by atoms with E-state index in [2.05, 4.69) is 6.58 Å². The van der Waals surface area contributed by atoms with Gasteiger partial charge < -0.3 is 14.7 Å². The van der Waals surface area contributed by atoms with Crippen molar-refractivity contribution in [1.29, 1.82) is 0 Å². The molecule has 2 bridgehead atoms. The van der Waals surface area contributed by atoms with Gasteiger partial charge in [-0.3, -0.25) is 4.79 Å². The number of rotatable bonds is 3. The highest BCUT2D eigenvalue weighted by Crippen LogP contribution is 2.46. The first-order valence-electron chi connectivity index (χ1n) is 4.92. The highest BCUT2D eigenvalue weighted by atomic mass is 16.6. The molecule has 1 N–H and O–H groups in total.